The van der Waals surface area contributed by atoms with Gasteiger partial charge in [0.05, 0.1) is 6.61 Å². The van der Waals surface area contributed by atoms with Crippen molar-refractivity contribution in [3.05, 3.63) is 24.3 Å². The lowest BCUT2D eigenvalue weighted by Gasteiger charge is -2.61. The van der Waals surface area contributed by atoms with Crippen molar-refractivity contribution < 1.29 is 38.5 Å². The number of ether oxygens (including phenoxy) is 3. The van der Waals surface area contributed by atoms with Crippen LogP contribution in [0.5, 0.6) is 0 Å². The second kappa shape index (κ2) is 10.9. The van der Waals surface area contributed by atoms with E-state index in [1.807, 2.05) is 13.0 Å². The average molecular weight is 599 g/mol. The Kier molecular flexibility index (Phi) is 8.16. The van der Waals surface area contributed by atoms with E-state index in [1.165, 1.54) is 13.8 Å². The van der Waals surface area contributed by atoms with Crippen LogP contribution in [0.2, 0.25) is 0 Å². The van der Waals surface area contributed by atoms with Gasteiger partial charge in [0.25, 0.3) is 0 Å². The molecule has 0 bridgehead atoms. The first-order valence-corrected chi connectivity index (χ1v) is 16.1. The van der Waals surface area contributed by atoms with Gasteiger partial charge in [0.1, 0.15) is 12.2 Å². The predicted molar refractivity (Wildman–Crippen MR) is 159 cm³/mol. The summed E-state index contributed by atoms with van der Waals surface area (Å²) in [5.41, 5.74) is 0.0639. The maximum atomic E-state index is 13.6. The molecule has 0 amide bonds. The number of ketones is 2. The van der Waals surface area contributed by atoms with E-state index in [2.05, 4.69) is 33.4 Å². The van der Waals surface area contributed by atoms with Gasteiger partial charge in [-0.1, -0.05) is 47.3 Å². The van der Waals surface area contributed by atoms with Crippen LogP contribution in [0, 0.1) is 57.2 Å². The Morgan fingerprint density at radius 1 is 1.09 bits per heavy atom. The Hall–Kier alpha value is -2.32. The Labute approximate surface area is 256 Å². The second-order valence-electron chi connectivity index (χ2n) is 15.1. The molecule has 12 atom stereocenters. The molecule has 0 radical (unpaired) electrons. The Bertz CT molecular complexity index is 1240. The van der Waals surface area contributed by atoms with Gasteiger partial charge in [-0.3, -0.25) is 19.2 Å². The number of hydrogen-bond acceptors (Lipinski definition) is 8. The van der Waals surface area contributed by atoms with Gasteiger partial charge in [-0.05, 0) is 89.6 Å². The standard InChI is InChI=1S/C35H50O8/c1-19(16-41-18-42-23(5)36)20(2)30(39)31(40)22(4)29-27(43-24(6)37)15-33(8)28-10-9-25-21(3)26(38)11-12-34(25)17-35(28,34)14-13-32(29,33)7/h11-12,19,21-22,25,27-29,31,40H,2,9-10,13-18H2,1,3-8H3/t19-,21-,22-,25-,27-,28-,29-,31+,32+,33-,34+,35-/m0/s1. The van der Waals surface area contributed by atoms with E-state index in [4.69, 9.17) is 14.2 Å². The van der Waals surface area contributed by atoms with Crippen molar-refractivity contribution in [3.8, 4) is 0 Å². The molecule has 0 unspecified atom stereocenters. The van der Waals surface area contributed by atoms with Gasteiger partial charge in [-0.2, -0.15) is 0 Å². The molecule has 4 fully saturated rings. The van der Waals surface area contributed by atoms with E-state index < -0.39 is 29.9 Å². The minimum absolute atomic E-state index is 0.0558. The van der Waals surface area contributed by atoms with E-state index in [1.54, 1.807) is 6.92 Å². The summed E-state index contributed by atoms with van der Waals surface area (Å²) >= 11 is 0. The van der Waals surface area contributed by atoms with Gasteiger partial charge < -0.3 is 19.3 Å². The van der Waals surface area contributed by atoms with Crippen LogP contribution in [0.15, 0.2) is 24.3 Å². The summed E-state index contributed by atoms with van der Waals surface area (Å²) in [5, 5.41) is 11.5. The number of allylic oxidation sites excluding steroid dienone is 2. The van der Waals surface area contributed by atoms with E-state index in [9.17, 15) is 24.3 Å². The van der Waals surface area contributed by atoms with Crippen molar-refractivity contribution >= 4 is 23.5 Å². The quantitative estimate of drug-likeness (QED) is 0.158. The lowest BCUT2D eigenvalue weighted by Crippen LogP contribution is -2.56. The summed E-state index contributed by atoms with van der Waals surface area (Å²) < 4.78 is 16.2. The van der Waals surface area contributed by atoms with Crippen molar-refractivity contribution in [2.75, 3.05) is 13.4 Å². The van der Waals surface area contributed by atoms with Crippen LogP contribution in [0.1, 0.15) is 87.0 Å². The van der Waals surface area contributed by atoms with E-state index in [0.717, 1.165) is 32.1 Å². The SMILES string of the molecule is C=C(C(=O)[C@H](O)[C@@H](C)[C@H]1[C@@H](OC(C)=O)C[C@@]2(C)[C@@H]3CC[C@H]4[C@H](C)C(=O)C=C[C@@]45C[C@@]35CC[C@]12C)[C@@H](C)COCOC(C)=O. The highest BCUT2D eigenvalue weighted by molar-refractivity contribution is 5.98. The van der Waals surface area contributed by atoms with Gasteiger partial charge in [0.15, 0.2) is 18.4 Å². The molecule has 5 aliphatic carbocycles. The van der Waals surface area contributed by atoms with Gasteiger partial charge in [0.2, 0.25) is 0 Å². The molecular formula is C35H50O8. The molecule has 0 aromatic heterocycles. The lowest BCUT2D eigenvalue weighted by molar-refractivity contribution is -0.156. The fourth-order valence-electron chi connectivity index (χ4n) is 11.0. The first-order valence-electron chi connectivity index (χ1n) is 16.1. The van der Waals surface area contributed by atoms with Gasteiger partial charge in [-0.25, -0.2) is 0 Å². The lowest BCUT2D eigenvalue weighted by atomic mass is 9.43. The molecule has 8 nitrogen and oxygen atoms in total. The number of carbonyl (C=O) groups is 4. The number of Topliss-reactive ketones (excluding diaryl/α,β-unsaturated/α-hetero) is 1. The maximum Gasteiger partial charge on any atom is 0.304 e. The molecule has 1 N–H and O–H groups in total. The summed E-state index contributed by atoms with van der Waals surface area (Å²) in [5.74, 6) is -1.20. The number of aliphatic hydroxyl groups excluding tert-OH is 1. The first kappa shape index (κ1) is 32.1. The molecule has 238 valence electrons. The van der Waals surface area contributed by atoms with Crippen molar-refractivity contribution in [2.24, 2.45) is 57.2 Å². The van der Waals surface area contributed by atoms with Crippen molar-refractivity contribution in [3.63, 3.8) is 0 Å². The summed E-state index contributed by atoms with van der Waals surface area (Å²) in [4.78, 5) is 49.6. The summed E-state index contributed by atoms with van der Waals surface area (Å²) in [6.07, 6.45) is 8.21. The van der Waals surface area contributed by atoms with Crippen LogP contribution in [0.4, 0.5) is 0 Å². The molecule has 0 aromatic carbocycles. The van der Waals surface area contributed by atoms with Crippen molar-refractivity contribution in [1.82, 2.24) is 0 Å². The monoisotopic (exact) mass is 598 g/mol. The summed E-state index contributed by atoms with van der Waals surface area (Å²) in [6, 6.07) is 0. The fourth-order valence-corrected chi connectivity index (χ4v) is 11.0. The third-order valence-electron chi connectivity index (χ3n) is 13.3. The largest absolute Gasteiger partial charge is 0.462 e. The molecule has 8 heteroatoms. The van der Waals surface area contributed by atoms with Crippen LogP contribution >= 0.6 is 0 Å². The van der Waals surface area contributed by atoms with Crippen LogP contribution in [-0.4, -0.2) is 54.2 Å². The Morgan fingerprint density at radius 3 is 2.44 bits per heavy atom. The zero-order chi connectivity index (χ0) is 31.7. The van der Waals surface area contributed by atoms with Gasteiger partial charge in [-0.15, -0.1) is 0 Å². The fraction of sp³-hybridized carbons (Fsp3) is 0.771. The molecule has 43 heavy (non-hydrogen) atoms. The first-order chi connectivity index (χ1) is 20.1. The molecule has 2 spiro atoms. The van der Waals surface area contributed by atoms with Crippen LogP contribution in [0.25, 0.3) is 0 Å². The number of carbonyl (C=O) groups excluding carboxylic acids is 4. The highest BCUT2D eigenvalue weighted by Gasteiger charge is 2.81. The maximum absolute atomic E-state index is 13.6. The average Bonchev–Trinajstić information content (AvgIpc) is 3.55. The minimum atomic E-state index is -1.31. The van der Waals surface area contributed by atoms with Crippen LogP contribution < -0.4 is 0 Å². The second-order valence-corrected chi connectivity index (χ2v) is 15.1. The predicted octanol–water partition coefficient (Wildman–Crippen LogP) is 5.22. The third kappa shape index (κ3) is 4.68. The van der Waals surface area contributed by atoms with Crippen molar-refractivity contribution in [2.45, 2.75) is 99.2 Å². The molecular weight excluding hydrogens is 548 g/mol. The van der Waals surface area contributed by atoms with E-state index >= 15 is 0 Å². The highest BCUT2D eigenvalue weighted by Crippen LogP contribution is 2.87. The number of fused-ring (bicyclic) bond motifs is 2. The van der Waals surface area contributed by atoms with Crippen LogP contribution in [-0.2, 0) is 33.4 Å². The van der Waals surface area contributed by atoms with Gasteiger partial charge >= 0.3 is 11.9 Å². The highest BCUT2D eigenvalue weighted by atomic mass is 16.7. The molecule has 0 saturated heterocycles. The topological polar surface area (TPSA) is 116 Å². The normalized spacial score (nSPS) is 42.8. The Balaban J connectivity index is 1.39. The number of hydrogen-bond donors (Lipinski definition) is 1. The van der Waals surface area contributed by atoms with E-state index in [-0.39, 0.29) is 70.1 Å². The number of rotatable bonds is 10. The minimum Gasteiger partial charge on any atom is -0.462 e. The number of esters is 2. The summed E-state index contributed by atoms with van der Waals surface area (Å²) in [6.45, 7) is 17.1. The molecule has 0 aromatic rings. The molecule has 0 heterocycles. The third-order valence-corrected chi connectivity index (χ3v) is 13.3. The van der Waals surface area contributed by atoms with Crippen LogP contribution in [0.3, 0.4) is 0 Å². The molecule has 0 aliphatic heterocycles. The van der Waals surface area contributed by atoms with E-state index in [0.29, 0.717) is 18.3 Å². The van der Waals surface area contributed by atoms with Gasteiger partial charge in [0, 0.05) is 31.6 Å². The smallest absolute Gasteiger partial charge is 0.304 e. The number of aliphatic hydroxyl groups is 1. The zero-order valence-electron chi connectivity index (χ0n) is 26.9. The summed E-state index contributed by atoms with van der Waals surface area (Å²) in [7, 11) is 0. The molecule has 4 saturated carbocycles. The molecule has 5 rings (SSSR count). The Morgan fingerprint density at radius 2 is 1.79 bits per heavy atom. The zero-order valence-corrected chi connectivity index (χ0v) is 26.9. The molecule has 5 aliphatic rings. The van der Waals surface area contributed by atoms with Crippen molar-refractivity contribution in [1.29, 1.82) is 0 Å².